The van der Waals surface area contributed by atoms with E-state index in [9.17, 15) is 4.39 Å². The van der Waals surface area contributed by atoms with Crippen LogP contribution < -0.4 is 5.73 Å². The van der Waals surface area contributed by atoms with Crippen molar-refractivity contribution in [3.63, 3.8) is 0 Å². The fourth-order valence-corrected chi connectivity index (χ4v) is 2.34. The third-order valence-corrected chi connectivity index (χ3v) is 3.43. The fraction of sp³-hybridized carbons (Fsp3) is 0.0667. The number of hydrogen-bond acceptors (Lipinski definition) is 4. The number of anilines is 1. The van der Waals surface area contributed by atoms with Crippen LogP contribution in [0, 0.1) is 12.7 Å². The largest absolute Gasteiger partial charge is 0.398 e. The van der Waals surface area contributed by atoms with Crippen LogP contribution in [-0.4, -0.2) is 10.1 Å². The maximum absolute atomic E-state index is 13.1. The van der Waals surface area contributed by atoms with Crippen molar-refractivity contribution in [3.05, 3.63) is 52.8 Å². The number of hydrogen-bond donors (Lipinski definition) is 1. The highest BCUT2D eigenvalue weighted by atomic mass is 35.5. The van der Waals surface area contributed by atoms with E-state index < -0.39 is 0 Å². The van der Waals surface area contributed by atoms with Gasteiger partial charge in [-0.05, 0) is 42.8 Å². The van der Waals surface area contributed by atoms with E-state index in [-0.39, 0.29) is 11.7 Å². The van der Waals surface area contributed by atoms with E-state index in [1.807, 2.05) is 0 Å². The molecule has 1 aromatic heterocycles. The molecule has 6 heteroatoms. The lowest BCUT2D eigenvalue weighted by atomic mass is 10.1. The van der Waals surface area contributed by atoms with E-state index in [2.05, 4.69) is 10.1 Å². The van der Waals surface area contributed by atoms with Gasteiger partial charge in [-0.3, -0.25) is 0 Å². The Balaban J connectivity index is 2.08. The maximum Gasteiger partial charge on any atom is 0.261 e. The SMILES string of the molecule is Cc1cc(F)ccc1-c1noc(-c2c(N)cccc2Cl)n1. The van der Waals surface area contributed by atoms with Gasteiger partial charge in [-0.15, -0.1) is 0 Å². The van der Waals surface area contributed by atoms with Gasteiger partial charge in [0.25, 0.3) is 5.89 Å². The van der Waals surface area contributed by atoms with Crippen LogP contribution in [0.5, 0.6) is 0 Å². The Labute approximate surface area is 125 Å². The van der Waals surface area contributed by atoms with Crippen molar-refractivity contribution in [1.29, 1.82) is 0 Å². The summed E-state index contributed by atoms with van der Waals surface area (Å²) in [6.07, 6.45) is 0. The Kier molecular flexibility index (Phi) is 3.35. The van der Waals surface area contributed by atoms with Gasteiger partial charge in [0.15, 0.2) is 0 Å². The summed E-state index contributed by atoms with van der Waals surface area (Å²) >= 11 is 6.11. The van der Waals surface area contributed by atoms with Crippen molar-refractivity contribution in [2.75, 3.05) is 5.73 Å². The van der Waals surface area contributed by atoms with E-state index in [1.165, 1.54) is 12.1 Å². The molecule has 0 unspecified atom stereocenters. The van der Waals surface area contributed by atoms with Crippen molar-refractivity contribution in [3.8, 4) is 22.8 Å². The van der Waals surface area contributed by atoms with Gasteiger partial charge in [0, 0.05) is 11.3 Å². The van der Waals surface area contributed by atoms with Crippen LogP contribution >= 0.6 is 11.6 Å². The third kappa shape index (κ3) is 2.48. The Morgan fingerprint density at radius 2 is 2.05 bits per heavy atom. The minimum atomic E-state index is -0.310. The topological polar surface area (TPSA) is 64.9 Å². The molecule has 0 saturated carbocycles. The number of aromatic nitrogens is 2. The average Bonchev–Trinajstić information content (AvgIpc) is 2.87. The van der Waals surface area contributed by atoms with Crippen LogP contribution in [0.4, 0.5) is 10.1 Å². The molecule has 2 N–H and O–H groups in total. The molecule has 0 saturated heterocycles. The Morgan fingerprint density at radius 3 is 2.76 bits per heavy atom. The summed E-state index contributed by atoms with van der Waals surface area (Å²) in [7, 11) is 0. The van der Waals surface area contributed by atoms with Gasteiger partial charge in [-0.1, -0.05) is 22.8 Å². The van der Waals surface area contributed by atoms with Crippen LogP contribution in [0.3, 0.4) is 0 Å². The standard InChI is InChI=1S/C15H11ClFN3O/c1-8-7-9(17)5-6-10(8)14-19-15(21-20-14)13-11(16)3-2-4-12(13)18/h2-7H,18H2,1H3. The van der Waals surface area contributed by atoms with Gasteiger partial charge < -0.3 is 10.3 Å². The summed E-state index contributed by atoms with van der Waals surface area (Å²) < 4.78 is 18.4. The Bertz CT molecular complexity index is 796. The Hall–Kier alpha value is -2.40. The lowest BCUT2D eigenvalue weighted by Gasteiger charge is -2.02. The van der Waals surface area contributed by atoms with Crippen molar-refractivity contribution in [1.82, 2.24) is 10.1 Å². The molecule has 3 aromatic rings. The van der Waals surface area contributed by atoms with E-state index in [1.54, 1.807) is 31.2 Å². The number of halogens is 2. The number of rotatable bonds is 2. The monoisotopic (exact) mass is 303 g/mol. The number of aryl methyl sites for hydroxylation is 1. The molecule has 106 valence electrons. The van der Waals surface area contributed by atoms with Crippen molar-refractivity contribution < 1.29 is 8.91 Å². The van der Waals surface area contributed by atoms with Gasteiger partial charge in [0.2, 0.25) is 5.82 Å². The van der Waals surface area contributed by atoms with Crippen LogP contribution in [0.1, 0.15) is 5.56 Å². The van der Waals surface area contributed by atoms with E-state index in [0.717, 1.165) is 5.56 Å². The highest BCUT2D eigenvalue weighted by Crippen LogP contribution is 2.33. The molecule has 0 bridgehead atoms. The van der Waals surface area contributed by atoms with Crippen LogP contribution in [-0.2, 0) is 0 Å². The van der Waals surface area contributed by atoms with Gasteiger partial charge in [-0.2, -0.15) is 4.98 Å². The van der Waals surface area contributed by atoms with E-state index in [0.29, 0.717) is 27.7 Å². The first kappa shape index (κ1) is 13.6. The van der Waals surface area contributed by atoms with Gasteiger partial charge in [0.1, 0.15) is 5.82 Å². The molecule has 0 spiro atoms. The second-order valence-corrected chi connectivity index (χ2v) is 4.99. The third-order valence-electron chi connectivity index (χ3n) is 3.12. The first-order valence-electron chi connectivity index (χ1n) is 6.21. The Morgan fingerprint density at radius 1 is 1.24 bits per heavy atom. The quantitative estimate of drug-likeness (QED) is 0.724. The molecule has 2 aromatic carbocycles. The van der Waals surface area contributed by atoms with E-state index >= 15 is 0 Å². The molecule has 0 atom stereocenters. The zero-order valence-corrected chi connectivity index (χ0v) is 11.9. The molecule has 3 rings (SSSR count). The van der Waals surface area contributed by atoms with Gasteiger partial charge in [0.05, 0.1) is 10.6 Å². The summed E-state index contributed by atoms with van der Waals surface area (Å²) in [5, 5.41) is 4.34. The molecule has 21 heavy (non-hydrogen) atoms. The molecule has 0 fully saturated rings. The van der Waals surface area contributed by atoms with E-state index in [4.69, 9.17) is 21.9 Å². The first-order valence-corrected chi connectivity index (χ1v) is 6.58. The molecule has 0 aliphatic heterocycles. The number of nitrogens with two attached hydrogens (primary N) is 1. The molecule has 0 aliphatic carbocycles. The van der Waals surface area contributed by atoms with Crippen molar-refractivity contribution in [2.45, 2.75) is 6.92 Å². The second kappa shape index (κ2) is 5.18. The van der Waals surface area contributed by atoms with Gasteiger partial charge >= 0.3 is 0 Å². The number of benzene rings is 2. The molecule has 0 aliphatic rings. The van der Waals surface area contributed by atoms with Crippen molar-refractivity contribution in [2.24, 2.45) is 0 Å². The number of nitrogens with zero attached hydrogens (tertiary/aromatic N) is 2. The fourth-order valence-electron chi connectivity index (χ4n) is 2.08. The van der Waals surface area contributed by atoms with Crippen LogP contribution in [0.2, 0.25) is 5.02 Å². The minimum absolute atomic E-state index is 0.233. The molecule has 0 amide bonds. The van der Waals surface area contributed by atoms with Crippen LogP contribution in [0.15, 0.2) is 40.9 Å². The molecule has 4 nitrogen and oxygen atoms in total. The van der Waals surface area contributed by atoms with Gasteiger partial charge in [-0.25, -0.2) is 4.39 Å². The summed E-state index contributed by atoms with van der Waals surface area (Å²) in [6.45, 7) is 1.78. The zero-order valence-electron chi connectivity index (χ0n) is 11.1. The predicted octanol–water partition coefficient (Wildman–Crippen LogP) is 4.09. The maximum atomic E-state index is 13.1. The van der Waals surface area contributed by atoms with Crippen molar-refractivity contribution >= 4 is 17.3 Å². The molecule has 0 radical (unpaired) electrons. The molecular weight excluding hydrogens is 293 g/mol. The summed E-state index contributed by atoms with van der Waals surface area (Å²) in [6, 6.07) is 9.50. The predicted molar refractivity (Wildman–Crippen MR) is 79.3 cm³/mol. The molecular formula is C15H11ClFN3O. The summed E-state index contributed by atoms with van der Waals surface area (Å²) in [5.41, 5.74) is 8.25. The zero-order chi connectivity index (χ0) is 15.0. The lowest BCUT2D eigenvalue weighted by Crippen LogP contribution is -1.91. The molecule has 1 heterocycles. The second-order valence-electron chi connectivity index (χ2n) is 4.59. The first-order chi connectivity index (χ1) is 10.1. The lowest BCUT2D eigenvalue weighted by molar-refractivity contribution is 0.432. The summed E-state index contributed by atoms with van der Waals surface area (Å²) in [5.74, 6) is 0.286. The normalized spacial score (nSPS) is 10.8. The minimum Gasteiger partial charge on any atom is -0.398 e. The van der Waals surface area contributed by atoms with Crippen LogP contribution in [0.25, 0.3) is 22.8 Å². The highest BCUT2D eigenvalue weighted by Gasteiger charge is 2.17. The summed E-state index contributed by atoms with van der Waals surface area (Å²) in [4.78, 5) is 4.30. The number of nitrogen functional groups attached to an aromatic ring is 1. The smallest absolute Gasteiger partial charge is 0.261 e. The highest BCUT2D eigenvalue weighted by molar-refractivity contribution is 6.33. The average molecular weight is 304 g/mol.